The molecule has 0 aromatic carbocycles. The number of hydrogen-bond donors (Lipinski definition) is 4. The number of carbonyl (C=O) groups excluding carboxylic acids is 3. The summed E-state index contributed by atoms with van der Waals surface area (Å²) in [5.41, 5.74) is 0. The van der Waals surface area contributed by atoms with Gasteiger partial charge in [-0.2, -0.15) is 0 Å². The van der Waals surface area contributed by atoms with Gasteiger partial charge in [-0.05, 0) is 173 Å². The Labute approximate surface area is 762 Å². The van der Waals surface area contributed by atoms with Gasteiger partial charge in [0.1, 0.15) is 25.4 Å². The van der Waals surface area contributed by atoms with Crippen molar-refractivity contribution < 1.29 is 75.8 Å². The first-order valence-electron chi connectivity index (χ1n) is 49.0. The molecule has 0 saturated heterocycles. The standard InChI is InChI=1S/C107H176O16P2/c1-4-7-10-13-16-19-22-25-28-31-34-37-40-43-45-47-49-50-52-54-55-58-60-63-66-69-72-75-78-81-84-87-90-93-105(110)117-96-102(108)97-119-124(113,114)120-98-103(109)99-121-125(115,116)122-101-104(123-107(112)95-92-89-86-83-80-77-74-71-68-65-62-57-42-39-36-33-30-27-24-21-18-15-12-9-6-3)100-118-106(111)94-91-88-85-82-79-76-73-70-67-64-61-59-56-53-51-48-46-44-41-38-35-32-29-26-23-20-17-14-11-8-5-2/h7-12,16-21,25-30,34-39,43-46,49-51,53,57,62,68,71,102-104,108-109H,4-6,13-15,22-24,31-33,40-42,47-48,52,54-56,58-61,63-67,69-70,72-101H2,1-3H3,(H,113,114)(H,115,116)/b10-7-,11-8-,12-9-,19-16-,20-17-,21-18-,28-25-,29-26-,30-27-,37-34-,38-35-,39-36-,45-43-,46-44-,50-49-,53-51-,62-57-,71-68-. The van der Waals surface area contributed by atoms with Crippen LogP contribution < -0.4 is 0 Å². The highest BCUT2D eigenvalue weighted by atomic mass is 31.2. The first kappa shape index (κ1) is 119. The number of phosphoric acid groups is 2. The van der Waals surface area contributed by atoms with Crippen molar-refractivity contribution in [3.8, 4) is 0 Å². The predicted octanol–water partition coefficient (Wildman–Crippen LogP) is 30.9. The molecule has 18 heteroatoms. The van der Waals surface area contributed by atoms with Gasteiger partial charge in [0, 0.05) is 19.3 Å². The van der Waals surface area contributed by atoms with E-state index in [1.54, 1.807) is 0 Å². The van der Waals surface area contributed by atoms with E-state index in [2.05, 4.69) is 240 Å². The van der Waals surface area contributed by atoms with Crippen molar-refractivity contribution in [3.05, 3.63) is 219 Å². The number of esters is 3. The summed E-state index contributed by atoms with van der Waals surface area (Å²) in [7, 11) is -9.83. The van der Waals surface area contributed by atoms with Gasteiger partial charge >= 0.3 is 33.6 Å². The van der Waals surface area contributed by atoms with Gasteiger partial charge in [0.15, 0.2) is 6.10 Å². The molecule has 125 heavy (non-hydrogen) atoms. The van der Waals surface area contributed by atoms with Crippen LogP contribution in [0.15, 0.2) is 219 Å². The van der Waals surface area contributed by atoms with Gasteiger partial charge < -0.3 is 34.2 Å². The molecule has 0 amide bonds. The molecule has 0 saturated carbocycles. The Balaban J connectivity index is 4.65. The molecule has 4 N–H and O–H groups in total. The Morgan fingerprint density at radius 2 is 0.400 bits per heavy atom. The zero-order valence-corrected chi connectivity index (χ0v) is 80.2. The van der Waals surface area contributed by atoms with Crippen LogP contribution in [0.5, 0.6) is 0 Å². The number of carbonyl (C=O) groups is 3. The number of unbranched alkanes of at least 4 members (excludes halogenated alkanes) is 32. The second-order valence-corrected chi connectivity index (χ2v) is 35.0. The molecule has 5 unspecified atom stereocenters. The molecule has 0 aliphatic heterocycles. The van der Waals surface area contributed by atoms with E-state index in [0.717, 1.165) is 212 Å². The Bertz CT molecular complexity index is 3150. The van der Waals surface area contributed by atoms with Crippen LogP contribution >= 0.6 is 15.6 Å². The summed E-state index contributed by atoms with van der Waals surface area (Å²) in [6.45, 7) is 2.35. The molecule has 0 bridgehead atoms. The molecule has 0 radical (unpaired) electrons. The number of allylic oxidation sites excluding steroid dienone is 36. The second-order valence-electron chi connectivity index (χ2n) is 32.1. The SMILES string of the molecule is CC/C=C\C/C=C\C/C=C\C/C=C\C/C=C\C/C=C\CCCCCCCCCCCCCCCCC(=O)OCC(O)COP(=O)(O)OCC(O)COP(=O)(O)OCC(COC(=O)CCCCCCCCCCCCCC/C=C\C/C=C\C/C=C\C/C=C\C/C=C\C/C=C\CC)OC(=O)CCCCCCCC/C=C\C/C=C\C/C=C\C/C=C\C/C=C\C/C=C\CC. The third-order valence-corrected chi connectivity index (χ3v) is 22.1. The fourth-order valence-corrected chi connectivity index (χ4v) is 14.5. The van der Waals surface area contributed by atoms with Crippen LogP contribution in [0.2, 0.25) is 0 Å². The second kappa shape index (κ2) is 96.9. The smallest absolute Gasteiger partial charge is 0.463 e. The van der Waals surface area contributed by atoms with Crippen LogP contribution in [0.1, 0.15) is 380 Å². The van der Waals surface area contributed by atoms with Crippen LogP contribution in [0.25, 0.3) is 0 Å². The summed E-state index contributed by atoms with van der Waals surface area (Å²) in [5.74, 6) is -1.59. The minimum Gasteiger partial charge on any atom is -0.463 e. The van der Waals surface area contributed by atoms with E-state index in [4.69, 9.17) is 32.3 Å². The van der Waals surface area contributed by atoms with Crippen molar-refractivity contribution in [1.82, 2.24) is 0 Å². The molecule has 0 heterocycles. The summed E-state index contributed by atoms with van der Waals surface area (Å²) in [6, 6.07) is 0. The maximum atomic E-state index is 13.1. The molecule has 0 aromatic heterocycles. The molecule has 0 aliphatic carbocycles. The van der Waals surface area contributed by atoms with Crippen LogP contribution in [-0.2, 0) is 55.8 Å². The molecule has 0 aromatic rings. The van der Waals surface area contributed by atoms with Crippen molar-refractivity contribution in [1.29, 1.82) is 0 Å². The summed E-state index contributed by atoms with van der Waals surface area (Å²) >= 11 is 0. The number of phosphoric ester groups is 2. The number of hydrogen-bond acceptors (Lipinski definition) is 14. The van der Waals surface area contributed by atoms with E-state index in [9.17, 15) is 43.5 Å². The molecule has 710 valence electrons. The number of ether oxygens (including phenoxy) is 3. The highest BCUT2D eigenvalue weighted by Crippen LogP contribution is 2.45. The molecule has 0 fully saturated rings. The average Bonchev–Trinajstić information content (AvgIpc) is 0.902. The van der Waals surface area contributed by atoms with E-state index < -0.39 is 91.5 Å². The predicted molar refractivity (Wildman–Crippen MR) is 527 cm³/mol. The maximum absolute atomic E-state index is 13.1. The quantitative estimate of drug-likeness (QED) is 0.0146. The van der Waals surface area contributed by atoms with E-state index >= 15 is 0 Å². The highest BCUT2D eigenvalue weighted by molar-refractivity contribution is 7.47. The molecular weight excluding hydrogens is 1600 g/mol. The van der Waals surface area contributed by atoms with Gasteiger partial charge in [0.05, 0.1) is 26.4 Å². The van der Waals surface area contributed by atoms with E-state index in [1.165, 1.54) is 109 Å². The van der Waals surface area contributed by atoms with Gasteiger partial charge in [-0.15, -0.1) is 0 Å². The lowest BCUT2D eigenvalue weighted by molar-refractivity contribution is -0.161. The molecule has 5 atom stereocenters. The van der Waals surface area contributed by atoms with Gasteiger partial charge in [-0.1, -0.05) is 406 Å². The highest BCUT2D eigenvalue weighted by Gasteiger charge is 2.30. The number of aliphatic hydroxyl groups excluding tert-OH is 2. The van der Waals surface area contributed by atoms with E-state index in [1.807, 2.05) is 0 Å². The van der Waals surface area contributed by atoms with Gasteiger partial charge in [-0.25, -0.2) is 9.13 Å². The van der Waals surface area contributed by atoms with Crippen LogP contribution in [-0.4, -0.2) is 95.9 Å². The Morgan fingerprint density at radius 1 is 0.224 bits per heavy atom. The van der Waals surface area contributed by atoms with Crippen molar-refractivity contribution in [2.45, 2.75) is 399 Å². The van der Waals surface area contributed by atoms with Crippen LogP contribution in [0.4, 0.5) is 0 Å². The summed E-state index contributed by atoms with van der Waals surface area (Å²) in [5, 5.41) is 20.8. The average molecular weight is 1780 g/mol. The fraction of sp³-hybridized carbons (Fsp3) is 0.636. The molecule has 0 spiro atoms. The normalized spacial score (nSPS) is 14.6. The van der Waals surface area contributed by atoms with Crippen LogP contribution in [0.3, 0.4) is 0 Å². The van der Waals surface area contributed by atoms with E-state index in [0.29, 0.717) is 19.3 Å². The lowest BCUT2D eigenvalue weighted by atomic mass is 10.0. The van der Waals surface area contributed by atoms with Crippen LogP contribution in [0, 0.1) is 0 Å². The molecule has 16 nitrogen and oxygen atoms in total. The van der Waals surface area contributed by atoms with E-state index in [-0.39, 0.29) is 19.3 Å². The topological polar surface area (TPSA) is 231 Å². The third-order valence-electron chi connectivity index (χ3n) is 20.2. The van der Waals surface area contributed by atoms with Crippen molar-refractivity contribution in [2.24, 2.45) is 0 Å². The third kappa shape index (κ3) is 98.3. The monoisotopic (exact) mass is 1780 g/mol. The van der Waals surface area contributed by atoms with Crippen molar-refractivity contribution >= 4 is 33.6 Å². The fourth-order valence-electron chi connectivity index (χ4n) is 12.9. The zero-order chi connectivity index (χ0) is 90.7. The summed E-state index contributed by atoms with van der Waals surface area (Å²) in [4.78, 5) is 59.1. The first-order chi connectivity index (χ1) is 61.2. The van der Waals surface area contributed by atoms with Gasteiger partial charge in [-0.3, -0.25) is 32.5 Å². The van der Waals surface area contributed by atoms with Crippen molar-refractivity contribution in [2.75, 3.05) is 39.6 Å². The lowest BCUT2D eigenvalue weighted by Crippen LogP contribution is -2.30. The lowest BCUT2D eigenvalue weighted by Gasteiger charge is -2.21. The maximum Gasteiger partial charge on any atom is 0.472 e. The summed E-state index contributed by atoms with van der Waals surface area (Å²) in [6.07, 6.45) is 133. The van der Waals surface area contributed by atoms with Gasteiger partial charge in [0.25, 0.3) is 0 Å². The number of rotatable bonds is 91. The Hall–Kier alpha value is -6.13. The number of aliphatic hydroxyl groups is 2. The minimum atomic E-state index is -4.96. The Kier molecular flexibility index (Phi) is 92.2. The Morgan fingerprint density at radius 3 is 0.632 bits per heavy atom. The summed E-state index contributed by atoms with van der Waals surface area (Å²) < 4.78 is 61.6. The zero-order valence-electron chi connectivity index (χ0n) is 78.4. The first-order valence-corrected chi connectivity index (χ1v) is 52.0. The molecule has 0 rings (SSSR count). The van der Waals surface area contributed by atoms with Crippen molar-refractivity contribution in [3.63, 3.8) is 0 Å². The largest absolute Gasteiger partial charge is 0.472 e. The molecule has 0 aliphatic rings. The van der Waals surface area contributed by atoms with Gasteiger partial charge in [0.2, 0.25) is 0 Å². The molecular formula is C107H176O16P2. The minimum absolute atomic E-state index is 0.0796.